The largest absolute Gasteiger partial charge is 0.342 e. The van der Waals surface area contributed by atoms with Crippen molar-refractivity contribution in [3.63, 3.8) is 0 Å². The summed E-state index contributed by atoms with van der Waals surface area (Å²) >= 11 is 11.7. The van der Waals surface area contributed by atoms with Crippen molar-refractivity contribution in [1.29, 1.82) is 0 Å². The van der Waals surface area contributed by atoms with Gasteiger partial charge in [-0.25, -0.2) is 9.69 Å². The summed E-state index contributed by atoms with van der Waals surface area (Å²) < 4.78 is 1.10. The molecule has 0 unspecified atom stereocenters. The molecule has 0 N–H and O–H groups in total. The van der Waals surface area contributed by atoms with E-state index in [-0.39, 0.29) is 22.9 Å². The Balaban J connectivity index is 2.59. The third-order valence-electron chi connectivity index (χ3n) is 2.16. The van der Waals surface area contributed by atoms with Crippen molar-refractivity contribution >= 4 is 53.1 Å². The highest BCUT2D eigenvalue weighted by atomic mass is 35.5. The first-order chi connectivity index (χ1) is 7.61. The Labute approximate surface area is 99.5 Å². The van der Waals surface area contributed by atoms with Gasteiger partial charge < -0.3 is 0 Å². The van der Waals surface area contributed by atoms with Gasteiger partial charge in [-0.05, 0) is 12.1 Å². The van der Waals surface area contributed by atoms with Crippen molar-refractivity contribution in [2.24, 2.45) is 0 Å². The lowest BCUT2D eigenvalue weighted by atomic mass is 10.4. The summed E-state index contributed by atoms with van der Waals surface area (Å²) in [6, 6.07) is 2.35. The van der Waals surface area contributed by atoms with Crippen molar-refractivity contribution < 1.29 is 14.4 Å². The number of fused-ring (bicyclic) bond motifs is 2. The van der Waals surface area contributed by atoms with E-state index in [2.05, 4.69) is 0 Å². The van der Waals surface area contributed by atoms with E-state index in [1.54, 1.807) is 12.1 Å². The molecule has 82 valence electrons. The average molecular weight is 259 g/mol. The highest BCUT2D eigenvalue weighted by Gasteiger charge is 2.24. The van der Waals surface area contributed by atoms with Gasteiger partial charge in [0, 0.05) is 0 Å². The zero-order valence-electron chi connectivity index (χ0n) is 7.68. The van der Waals surface area contributed by atoms with Gasteiger partial charge in [-0.2, -0.15) is 0 Å². The molecule has 5 nitrogen and oxygen atoms in total. The highest BCUT2D eigenvalue weighted by molar-refractivity contribution is 6.47. The second-order valence-electron chi connectivity index (χ2n) is 2.97. The van der Waals surface area contributed by atoms with Crippen molar-refractivity contribution in [2.75, 3.05) is 0 Å². The first kappa shape index (κ1) is 10.9. The molecule has 2 heterocycles. The predicted molar refractivity (Wildman–Crippen MR) is 57.9 cm³/mol. The number of imide groups is 3. The Morgan fingerprint density at radius 2 is 1.56 bits per heavy atom. The first-order valence-electron chi connectivity index (χ1n) is 4.13. The van der Waals surface area contributed by atoms with E-state index in [0.29, 0.717) is 15.9 Å². The molecule has 0 aliphatic rings. The van der Waals surface area contributed by atoms with Crippen LogP contribution in [0.2, 0.25) is 10.0 Å². The van der Waals surface area contributed by atoms with Crippen LogP contribution in [-0.4, -0.2) is 28.3 Å². The van der Waals surface area contributed by atoms with Gasteiger partial charge in [-0.1, -0.05) is 23.2 Å². The molecule has 2 aromatic rings. The van der Waals surface area contributed by atoms with E-state index in [1.807, 2.05) is 0 Å². The summed E-state index contributed by atoms with van der Waals surface area (Å²) in [7, 11) is 0. The molecule has 2 bridgehead atoms. The van der Waals surface area contributed by atoms with Crippen LogP contribution in [0.3, 0.4) is 0 Å². The zero-order valence-corrected chi connectivity index (χ0v) is 9.20. The minimum absolute atomic E-state index is 0.121. The molecule has 0 aliphatic carbocycles. The van der Waals surface area contributed by atoms with Crippen molar-refractivity contribution in [3.05, 3.63) is 22.2 Å². The van der Waals surface area contributed by atoms with Gasteiger partial charge in [0.1, 0.15) is 0 Å². The number of hydrogen-bond acceptors (Lipinski definition) is 3. The maximum Gasteiger partial charge on any atom is 0.342 e. The minimum atomic E-state index is -0.811. The molecular weight excluding hydrogens is 255 g/mol. The normalized spacial score (nSPS) is 10.6. The fourth-order valence-corrected chi connectivity index (χ4v) is 1.93. The number of carbonyl (C=O) groups is 3. The molecule has 0 atom stereocenters. The van der Waals surface area contributed by atoms with Gasteiger partial charge in [0.15, 0.2) is 0 Å². The SMILES string of the molecule is O=CN(C=O)C(=O)n1c2ccc1c(Cl)c2Cl. The maximum absolute atomic E-state index is 11.7. The molecule has 0 aromatic carbocycles. The fourth-order valence-electron chi connectivity index (χ4n) is 1.44. The number of carbonyl (C=O) groups excluding carboxylic acids is 3. The van der Waals surface area contributed by atoms with Crippen LogP contribution in [0.4, 0.5) is 4.79 Å². The van der Waals surface area contributed by atoms with Crippen molar-refractivity contribution in [1.82, 2.24) is 9.47 Å². The number of hydrogen-bond donors (Lipinski definition) is 0. The van der Waals surface area contributed by atoms with Gasteiger partial charge in [0.2, 0.25) is 12.8 Å². The molecule has 0 aliphatic heterocycles. The zero-order chi connectivity index (χ0) is 11.9. The molecule has 2 rings (SSSR count). The molecular formula is C9H4Cl2N2O3. The van der Waals surface area contributed by atoms with Crippen LogP contribution >= 0.6 is 23.2 Å². The van der Waals surface area contributed by atoms with Crippen LogP contribution in [0, 0.1) is 0 Å². The van der Waals surface area contributed by atoms with E-state index < -0.39 is 6.03 Å². The molecule has 0 radical (unpaired) electrons. The van der Waals surface area contributed by atoms with E-state index >= 15 is 0 Å². The third-order valence-corrected chi connectivity index (χ3v) is 3.02. The lowest BCUT2D eigenvalue weighted by Gasteiger charge is -2.07. The summed E-state index contributed by atoms with van der Waals surface area (Å²) in [4.78, 5) is 33.0. The second-order valence-corrected chi connectivity index (χ2v) is 3.72. The predicted octanol–water partition coefficient (Wildman–Crippen LogP) is 1.97. The quantitative estimate of drug-likeness (QED) is 0.774. The van der Waals surface area contributed by atoms with E-state index in [1.165, 1.54) is 0 Å². The van der Waals surface area contributed by atoms with Crippen LogP contribution < -0.4 is 0 Å². The summed E-state index contributed by atoms with van der Waals surface area (Å²) in [6.45, 7) is 0. The van der Waals surface area contributed by atoms with E-state index in [4.69, 9.17) is 23.2 Å². The second kappa shape index (κ2) is 3.77. The average Bonchev–Trinajstić information content (AvgIpc) is 2.79. The Bertz CT molecular complexity index is 536. The molecule has 7 heteroatoms. The maximum atomic E-state index is 11.7. The van der Waals surface area contributed by atoms with Crippen molar-refractivity contribution in [2.45, 2.75) is 0 Å². The molecule has 3 amide bonds. The number of aromatic nitrogens is 1. The lowest BCUT2D eigenvalue weighted by Crippen LogP contribution is -2.31. The molecule has 0 saturated carbocycles. The Morgan fingerprint density at radius 1 is 1.12 bits per heavy atom. The number of rotatable bonds is 2. The minimum Gasteiger partial charge on any atom is -0.278 e. The van der Waals surface area contributed by atoms with Crippen LogP contribution in [0.15, 0.2) is 12.1 Å². The van der Waals surface area contributed by atoms with E-state index in [0.717, 1.165) is 4.57 Å². The Hall–Kier alpha value is -1.59. The summed E-state index contributed by atoms with van der Waals surface area (Å²) in [5.74, 6) is 0. The van der Waals surface area contributed by atoms with Gasteiger partial charge in [0.05, 0.1) is 21.1 Å². The molecule has 16 heavy (non-hydrogen) atoms. The number of benzene rings is 1. The summed E-state index contributed by atoms with van der Waals surface area (Å²) in [5, 5.41) is 0.452. The molecule has 0 spiro atoms. The van der Waals surface area contributed by atoms with Gasteiger partial charge in [-0.3, -0.25) is 14.2 Å². The van der Waals surface area contributed by atoms with Gasteiger partial charge >= 0.3 is 6.03 Å². The smallest absolute Gasteiger partial charge is 0.278 e. The lowest BCUT2D eigenvalue weighted by molar-refractivity contribution is -0.125. The molecule has 0 saturated heterocycles. The van der Waals surface area contributed by atoms with Gasteiger partial charge in [0.25, 0.3) is 0 Å². The van der Waals surface area contributed by atoms with E-state index in [9.17, 15) is 14.4 Å². The Morgan fingerprint density at radius 3 is 1.94 bits per heavy atom. The van der Waals surface area contributed by atoms with Crippen LogP contribution in [-0.2, 0) is 9.59 Å². The third kappa shape index (κ3) is 1.29. The van der Waals surface area contributed by atoms with Gasteiger partial charge in [-0.15, -0.1) is 0 Å². The highest BCUT2D eigenvalue weighted by Crippen LogP contribution is 2.37. The monoisotopic (exact) mass is 258 g/mol. The summed E-state index contributed by atoms with van der Waals surface area (Å²) in [6.07, 6.45) is 0.242. The van der Waals surface area contributed by atoms with Crippen LogP contribution in [0.1, 0.15) is 0 Å². The number of halogens is 2. The standard InChI is InChI=1S/C9H4Cl2N2O3/c10-7-5-1-2-6(8(7)11)13(5)9(16)12(3-14)4-15/h1-4H. The molecule has 0 fully saturated rings. The summed E-state index contributed by atoms with van der Waals surface area (Å²) in [5.41, 5.74) is 0.723. The number of amides is 3. The number of nitrogens with zero attached hydrogens (tertiary/aromatic N) is 2. The fraction of sp³-hybridized carbons (Fsp3) is 0. The topological polar surface area (TPSA) is 59.4 Å². The van der Waals surface area contributed by atoms with Crippen molar-refractivity contribution in [3.8, 4) is 0 Å². The van der Waals surface area contributed by atoms with Crippen LogP contribution in [0.25, 0.3) is 11.0 Å². The Kier molecular flexibility index (Phi) is 2.57. The molecule has 2 aromatic heterocycles. The first-order valence-corrected chi connectivity index (χ1v) is 4.88. The van der Waals surface area contributed by atoms with Crippen LogP contribution in [0.5, 0.6) is 0 Å².